The molecule has 0 unspecified atom stereocenters. The van der Waals surface area contributed by atoms with Gasteiger partial charge in [0.2, 0.25) is 0 Å². The first-order chi connectivity index (χ1) is 16.9. The summed E-state index contributed by atoms with van der Waals surface area (Å²) in [6, 6.07) is 7.34. The average molecular weight is 501 g/mol. The maximum absolute atomic E-state index is 14.1. The molecule has 1 aromatic carbocycles. The lowest BCUT2D eigenvalue weighted by Crippen LogP contribution is -2.57. The summed E-state index contributed by atoms with van der Waals surface area (Å²) in [5.41, 5.74) is 1.01. The van der Waals surface area contributed by atoms with E-state index in [-0.39, 0.29) is 31.0 Å². The van der Waals surface area contributed by atoms with Crippen molar-refractivity contribution in [3.8, 4) is 0 Å². The van der Waals surface area contributed by atoms with E-state index in [1.807, 2.05) is 42.7 Å². The van der Waals surface area contributed by atoms with E-state index < -0.39 is 23.6 Å². The zero-order valence-corrected chi connectivity index (χ0v) is 22.6. The number of rotatable bonds is 7. The Labute approximate surface area is 213 Å². The van der Waals surface area contributed by atoms with Gasteiger partial charge >= 0.3 is 12.1 Å². The summed E-state index contributed by atoms with van der Waals surface area (Å²) >= 11 is 0. The molecule has 9 nitrogen and oxygen atoms in total. The molecule has 2 atom stereocenters. The maximum atomic E-state index is 14.1. The van der Waals surface area contributed by atoms with Crippen LogP contribution in [0.4, 0.5) is 4.79 Å². The summed E-state index contributed by atoms with van der Waals surface area (Å²) in [5, 5.41) is 0. The van der Waals surface area contributed by atoms with Crippen molar-refractivity contribution >= 4 is 29.0 Å². The lowest BCUT2D eigenvalue weighted by molar-refractivity contribution is -0.148. The maximum Gasteiger partial charge on any atom is 0.410 e. The SMILES string of the molecule is CCCn1c(C(=O)N(CC(C)C)[C@H]2C[C@@H](C(=O)OC)CN(C(=O)OC(C)(C)C)C2)nc2ccccc21. The number of piperidine rings is 1. The van der Waals surface area contributed by atoms with E-state index in [2.05, 4.69) is 6.92 Å². The van der Waals surface area contributed by atoms with Crippen molar-refractivity contribution in [1.29, 1.82) is 0 Å². The Morgan fingerprint density at radius 2 is 1.86 bits per heavy atom. The van der Waals surface area contributed by atoms with Crippen LogP contribution in [0.1, 0.15) is 65.0 Å². The van der Waals surface area contributed by atoms with Crippen molar-refractivity contribution < 1.29 is 23.9 Å². The molecule has 36 heavy (non-hydrogen) atoms. The van der Waals surface area contributed by atoms with Crippen LogP contribution in [0.5, 0.6) is 0 Å². The van der Waals surface area contributed by atoms with Gasteiger partial charge in [-0.15, -0.1) is 0 Å². The predicted molar refractivity (Wildman–Crippen MR) is 138 cm³/mol. The van der Waals surface area contributed by atoms with E-state index in [1.54, 1.807) is 25.7 Å². The standard InChI is InChI=1S/C27H40N4O5/c1-8-13-30-22-12-10-9-11-21(22)28-23(30)24(32)31(15-18(2)3)20-14-19(25(33)35-7)16-29(17-20)26(34)36-27(4,5)6/h9-12,18-20H,8,13-17H2,1-7H3/t19-,20+/m1/s1. The zero-order valence-electron chi connectivity index (χ0n) is 22.6. The highest BCUT2D eigenvalue weighted by Gasteiger charge is 2.41. The third-order valence-electron chi connectivity index (χ3n) is 6.17. The van der Waals surface area contributed by atoms with Crippen LogP contribution in [0, 0.1) is 11.8 Å². The van der Waals surface area contributed by atoms with E-state index in [0.717, 1.165) is 17.5 Å². The van der Waals surface area contributed by atoms with E-state index >= 15 is 0 Å². The lowest BCUT2D eigenvalue weighted by atomic mass is 9.92. The molecule has 1 aliphatic heterocycles. The number of hydrogen-bond acceptors (Lipinski definition) is 6. The number of benzene rings is 1. The van der Waals surface area contributed by atoms with Gasteiger partial charge in [0.25, 0.3) is 5.91 Å². The largest absolute Gasteiger partial charge is 0.469 e. The number of methoxy groups -OCH3 is 1. The van der Waals surface area contributed by atoms with Gasteiger partial charge in [0.1, 0.15) is 5.60 Å². The van der Waals surface area contributed by atoms with Gasteiger partial charge in [-0.1, -0.05) is 32.9 Å². The Balaban J connectivity index is 2.00. The van der Waals surface area contributed by atoms with E-state index in [1.165, 1.54) is 12.0 Å². The average Bonchev–Trinajstić information content (AvgIpc) is 3.19. The highest BCUT2D eigenvalue weighted by Crippen LogP contribution is 2.27. The van der Waals surface area contributed by atoms with Crippen LogP contribution < -0.4 is 0 Å². The molecule has 0 spiro atoms. The molecule has 0 saturated carbocycles. The van der Waals surface area contributed by atoms with Crippen LogP contribution in [0.2, 0.25) is 0 Å². The molecule has 1 aromatic heterocycles. The smallest absolute Gasteiger partial charge is 0.410 e. The number of para-hydroxylation sites is 2. The molecule has 1 fully saturated rings. The lowest BCUT2D eigenvalue weighted by Gasteiger charge is -2.42. The van der Waals surface area contributed by atoms with Gasteiger partial charge in [0, 0.05) is 26.2 Å². The number of carbonyl (C=O) groups excluding carboxylic acids is 3. The molecule has 2 amide bonds. The van der Waals surface area contributed by atoms with Crippen LogP contribution in [-0.2, 0) is 20.8 Å². The Morgan fingerprint density at radius 3 is 2.47 bits per heavy atom. The van der Waals surface area contributed by atoms with Crippen molar-refractivity contribution in [1.82, 2.24) is 19.4 Å². The van der Waals surface area contributed by atoms with E-state index in [0.29, 0.717) is 25.3 Å². The Hall–Kier alpha value is -3.10. The van der Waals surface area contributed by atoms with Crippen LogP contribution in [-0.4, -0.2) is 75.7 Å². The summed E-state index contributed by atoms with van der Waals surface area (Å²) in [4.78, 5) is 47.7. The van der Waals surface area contributed by atoms with E-state index in [9.17, 15) is 14.4 Å². The van der Waals surface area contributed by atoms with Crippen LogP contribution in [0.25, 0.3) is 11.0 Å². The normalized spacial score (nSPS) is 18.4. The van der Waals surface area contributed by atoms with Crippen LogP contribution in [0.3, 0.4) is 0 Å². The predicted octanol–water partition coefficient (Wildman–Crippen LogP) is 4.34. The molecule has 1 saturated heterocycles. The van der Waals surface area contributed by atoms with E-state index in [4.69, 9.17) is 14.5 Å². The highest BCUT2D eigenvalue weighted by molar-refractivity contribution is 5.95. The number of ether oxygens (including phenoxy) is 2. The molecule has 0 bridgehead atoms. The number of aromatic nitrogens is 2. The molecular formula is C27H40N4O5. The van der Waals surface area contributed by atoms with Gasteiger partial charge in [-0.3, -0.25) is 9.59 Å². The molecule has 2 aromatic rings. The summed E-state index contributed by atoms with van der Waals surface area (Å²) in [6.45, 7) is 13.2. The fraction of sp³-hybridized carbons (Fsp3) is 0.630. The van der Waals surface area contributed by atoms with Gasteiger partial charge in [-0.05, 0) is 51.7 Å². The monoisotopic (exact) mass is 500 g/mol. The molecule has 2 heterocycles. The van der Waals surface area contributed by atoms with Gasteiger partial charge in [0.15, 0.2) is 5.82 Å². The first kappa shape index (κ1) is 27.5. The van der Waals surface area contributed by atoms with Gasteiger partial charge in [0.05, 0.1) is 30.1 Å². The number of fused-ring (bicyclic) bond motifs is 1. The van der Waals surface area contributed by atoms with Gasteiger partial charge < -0.3 is 23.8 Å². The number of amides is 2. The Morgan fingerprint density at radius 1 is 1.17 bits per heavy atom. The molecule has 0 radical (unpaired) electrons. The number of likely N-dealkylation sites (tertiary alicyclic amines) is 1. The number of aryl methyl sites for hydroxylation is 1. The first-order valence-corrected chi connectivity index (χ1v) is 12.8. The number of imidazole rings is 1. The molecule has 1 aliphatic rings. The van der Waals surface area contributed by atoms with Crippen LogP contribution >= 0.6 is 0 Å². The number of nitrogens with zero attached hydrogens (tertiary/aromatic N) is 4. The summed E-state index contributed by atoms with van der Waals surface area (Å²) in [5.74, 6) is -0.608. The van der Waals surface area contributed by atoms with Crippen molar-refractivity contribution in [3.05, 3.63) is 30.1 Å². The second kappa shape index (κ2) is 11.3. The Kier molecular flexibility index (Phi) is 8.63. The second-order valence-electron chi connectivity index (χ2n) is 10.9. The Bertz CT molecular complexity index is 1090. The zero-order chi connectivity index (χ0) is 26.6. The highest BCUT2D eigenvalue weighted by atomic mass is 16.6. The fourth-order valence-electron chi connectivity index (χ4n) is 4.72. The summed E-state index contributed by atoms with van der Waals surface area (Å²) < 4.78 is 12.6. The van der Waals surface area contributed by atoms with Crippen molar-refractivity contribution in [2.24, 2.45) is 11.8 Å². The molecule has 0 N–H and O–H groups in total. The number of esters is 1. The minimum absolute atomic E-state index is 0.173. The third kappa shape index (κ3) is 6.36. The first-order valence-electron chi connectivity index (χ1n) is 12.8. The summed E-state index contributed by atoms with van der Waals surface area (Å²) in [7, 11) is 1.34. The van der Waals surface area contributed by atoms with Gasteiger partial charge in [-0.2, -0.15) is 0 Å². The summed E-state index contributed by atoms with van der Waals surface area (Å²) in [6.07, 6.45) is 0.750. The van der Waals surface area contributed by atoms with Gasteiger partial charge in [-0.25, -0.2) is 9.78 Å². The molecular weight excluding hydrogens is 460 g/mol. The minimum Gasteiger partial charge on any atom is -0.469 e. The number of hydrogen-bond donors (Lipinski definition) is 0. The van der Waals surface area contributed by atoms with Crippen molar-refractivity contribution in [2.75, 3.05) is 26.7 Å². The second-order valence-corrected chi connectivity index (χ2v) is 10.9. The minimum atomic E-state index is -0.677. The molecule has 3 rings (SSSR count). The third-order valence-corrected chi connectivity index (χ3v) is 6.17. The molecule has 9 heteroatoms. The van der Waals surface area contributed by atoms with Crippen molar-refractivity contribution in [2.45, 2.75) is 72.6 Å². The molecule has 0 aliphatic carbocycles. The number of carbonyl (C=O) groups is 3. The molecule has 198 valence electrons. The quantitative estimate of drug-likeness (QED) is 0.525. The fourth-order valence-corrected chi connectivity index (χ4v) is 4.72. The van der Waals surface area contributed by atoms with Crippen LogP contribution in [0.15, 0.2) is 24.3 Å². The van der Waals surface area contributed by atoms with Crippen molar-refractivity contribution in [3.63, 3.8) is 0 Å². The topological polar surface area (TPSA) is 94.0 Å².